The molecular weight excluding hydrogens is 1730 g/mol. The van der Waals surface area contributed by atoms with Gasteiger partial charge in [-0.05, 0) is 214 Å². The van der Waals surface area contributed by atoms with Crippen molar-refractivity contribution < 1.29 is 14.4 Å². The van der Waals surface area contributed by atoms with E-state index >= 15 is 0 Å². The zero-order chi connectivity index (χ0) is 99.8. The lowest BCUT2D eigenvalue weighted by molar-refractivity contribution is -0.114. The number of hydrogen-bond donors (Lipinski definition) is 8. The molecule has 0 unspecified atom stereocenters. The summed E-state index contributed by atoms with van der Waals surface area (Å²) < 4.78 is 0. The lowest BCUT2D eigenvalue weighted by atomic mass is 9.96. The molecule has 23 heteroatoms. The number of nitrogens with one attached hydrogen (secondary N) is 8. The van der Waals surface area contributed by atoms with E-state index in [1.165, 1.54) is 140 Å². The zero-order valence-corrected chi connectivity index (χ0v) is 85.5. The van der Waals surface area contributed by atoms with Gasteiger partial charge in [-0.2, -0.15) is 30.6 Å². The Morgan fingerprint density at radius 2 is 0.564 bits per heavy atom. The maximum absolute atomic E-state index is 12.0. The minimum atomic E-state index is -0.0683. The highest BCUT2D eigenvalue weighted by Crippen LogP contribution is 2.36. The van der Waals surface area contributed by atoms with Crippen molar-refractivity contribution >= 4 is 28.9 Å². The standard InChI is InChI=1S/C23H27N3.2C21H25N3.C18H26N4O.C17H24N4O.C17H23N3O/c1-4-5-15-26(3)17-22-16-24-25-23(22)21-13-11-20(12-14-21)18(2)19-9-7-6-8-10-19;1-3-4-14-24(2)16-18-15-22-23-21(18)20-13-9-8-12-19(20)17-10-6-5-7-11-17;1-3-4-14-24(2)16-20-15-22-23-21(20)19-12-10-18(11-13-19)17-8-6-5-7-9-17;1-4-6-10-22(3)13-16-12-20-21-17(16)14-8-7-9-15(11-14)18(23)19-5-2;1-4-5-9-21(3)12-15-11-18-20-17(15)14-7-6-8-16(10-14)19-13(2)22;1-4-5-9-20(3)12-16-11-18-19-17(16)15-8-6-7-14(10-15)13(2)21/h6-14,16H,2,4-5,15,17H2,1,3H3,(H,24,25);2*5-13,15H,3-4,14,16H2,1-2H3,(H,22,23);7-9,11-12H,4-6,10,13H2,1-3H3,(H,19,23)(H,20,21);6-8,10-11H,4-5,9,12H2,1-3H3,(H,18,20)(H,19,22);6-8,10-11H,4-5,9,12H2,1-3H3,(H,18,19). The van der Waals surface area contributed by atoms with Crippen LogP contribution in [0.1, 0.15) is 205 Å². The molecular formula is C117H150N20O3. The second kappa shape index (κ2) is 58.9. The number of amides is 2. The van der Waals surface area contributed by atoms with Crippen molar-refractivity contribution in [2.24, 2.45) is 0 Å². The summed E-state index contributed by atoms with van der Waals surface area (Å²) in [7, 11) is 12.9. The third-order valence-electron chi connectivity index (χ3n) is 24.3. The Bertz CT molecular complexity index is 6110. The number of H-pyrrole nitrogens is 6. The topological polar surface area (TPSA) is 267 Å². The van der Waals surface area contributed by atoms with Gasteiger partial charge in [0.2, 0.25) is 5.91 Å². The maximum Gasteiger partial charge on any atom is 0.251 e. The van der Waals surface area contributed by atoms with E-state index in [4.69, 9.17) is 0 Å². The molecule has 140 heavy (non-hydrogen) atoms. The Morgan fingerprint density at radius 3 is 0.936 bits per heavy atom. The highest BCUT2D eigenvalue weighted by atomic mass is 16.2. The molecule has 0 aliphatic rings. The van der Waals surface area contributed by atoms with Gasteiger partial charge in [-0.3, -0.25) is 45.0 Å². The number of hydrogen-bond acceptors (Lipinski definition) is 15. The van der Waals surface area contributed by atoms with Crippen LogP contribution in [0.5, 0.6) is 0 Å². The van der Waals surface area contributed by atoms with E-state index in [9.17, 15) is 14.4 Å². The number of rotatable bonds is 44. The van der Waals surface area contributed by atoms with Crippen molar-refractivity contribution in [1.82, 2.24) is 95.9 Å². The summed E-state index contributed by atoms with van der Waals surface area (Å²) in [5.41, 5.74) is 30.6. The number of aromatic nitrogens is 12. The molecule has 23 nitrogen and oxygen atoms in total. The van der Waals surface area contributed by atoms with Crippen molar-refractivity contribution in [1.29, 1.82) is 0 Å². The first-order valence-electron chi connectivity index (χ1n) is 49.9. The van der Waals surface area contributed by atoms with Crippen LogP contribution in [-0.2, 0) is 44.1 Å². The second-order valence-electron chi connectivity index (χ2n) is 36.3. The fourth-order valence-electron chi connectivity index (χ4n) is 16.5. The van der Waals surface area contributed by atoms with Crippen molar-refractivity contribution in [3.8, 4) is 89.8 Å². The van der Waals surface area contributed by atoms with Gasteiger partial charge in [0, 0.05) is 125 Å². The molecule has 0 aliphatic heterocycles. The highest BCUT2D eigenvalue weighted by Gasteiger charge is 2.20. The largest absolute Gasteiger partial charge is 0.352 e. The molecule has 0 saturated carbocycles. The average Bonchev–Trinajstić information content (AvgIpc) is 1.21. The van der Waals surface area contributed by atoms with Gasteiger partial charge in [-0.1, -0.05) is 293 Å². The summed E-state index contributed by atoms with van der Waals surface area (Å²) in [6, 6.07) is 80.2. The smallest absolute Gasteiger partial charge is 0.251 e. The van der Waals surface area contributed by atoms with Crippen molar-refractivity contribution in [2.45, 2.75) is 179 Å². The zero-order valence-electron chi connectivity index (χ0n) is 85.5. The molecule has 8 N–H and O–H groups in total. The number of unbranched alkanes of at least 4 members (excludes halogenated alkanes) is 6. The number of aromatic amines is 6. The SMILES string of the molecule is C=C(c1ccccc1)c1ccc(-c2[nH]ncc2CN(C)CCCC)cc1.CCCCN(C)Cc1cn[nH]c1-c1ccc(-c2ccccc2)cc1.CCCCN(C)Cc1cn[nH]c1-c1cccc(C(=O)NCC)c1.CCCCN(C)Cc1cn[nH]c1-c1cccc(C(C)=O)c1.CCCCN(C)Cc1cn[nH]c1-c1cccc(NC(C)=O)c1.CCCCN(C)Cc1cn[nH]c1-c1ccccc1-c1ccccc1. The van der Waals surface area contributed by atoms with Crippen LogP contribution in [0.15, 0.2) is 280 Å². The van der Waals surface area contributed by atoms with E-state index in [1.54, 1.807) is 6.92 Å². The number of carbonyl (C=O) groups excluding carboxylic acids is 3. The Kier molecular flexibility index (Phi) is 45.6. The summed E-state index contributed by atoms with van der Waals surface area (Å²) in [5, 5.41) is 49.8. The van der Waals surface area contributed by atoms with Gasteiger partial charge < -0.3 is 40.0 Å². The van der Waals surface area contributed by atoms with Gasteiger partial charge in [0.15, 0.2) is 5.78 Å². The lowest BCUT2D eigenvalue weighted by Gasteiger charge is -2.17. The Morgan fingerprint density at radius 1 is 0.286 bits per heavy atom. The molecule has 0 aliphatic carbocycles. The average molecular weight is 1880 g/mol. The van der Waals surface area contributed by atoms with Gasteiger partial charge in [-0.15, -0.1) is 0 Å². The number of benzene rings is 9. The van der Waals surface area contributed by atoms with E-state index in [0.29, 0.717) is 12.1 Å². The fraction of sp³-hybridized carbons (Fsp3) is 0.342. The molecule has 0 radical (unpaired) electrons. The molecule has 0 atom stereocenters. The highest BCUT2D eigenvalue weighted by molar-refractivity contribution is 5.96. The second-order valence-corrected chi connectivity index (χ2v) is 36.3. The van der Waals surface area contributed by atoms with E-state index in [2.05, 4.69) is 331 Å². The first kappa shape index (κ1) is 108. The number of ketones is 1. The Balaban J connectivity index is 0.000000173. The van der Waals surface area contributed by atoms with Crippen molar-refractivity contribution in [3.63, 3.8) is 0 Å². The van der Waals surface area contributed by atoms with E-state index in [1.807, 2.05) is 141 Å². The fourth-order valence-corrected chi connectivity index (χ4v) is 16.5. The molecule has 6 heterocycles. The van der Waals surface area contributed by atoms with Crippen LogP contribution in [0, 0.1) is 0 Å². The van der Waals surface area contributed by atoms with Gasteiger partial charge in [-0.25, -0.2) is 0 Å². The molecule has 0 fully saturated rings. The summed E-state index contributed by atoms with van der Waals surface area (Å²) in [6.07, 6.45) is 26.0. The molecule has 9 aromatic carbocycles. The predicted octanol–water partition coefficient (Wildman–Crippen LogP) is 25.2. The third kappa shape index (κ3) is 34.5. The van der Waals surface area contributed by atoms with E-state index in [0.717, 1.165) is 174 Å². The van der Waals surface area contributed by atoms with E-state index < -0.39 is 0 Å². The monoisotopic (exact) mass is 1880 g/mol. The molecule has 736 valence electrons. The van der Waals surface area contributed by atoms with Crippen LogP contribution >= 0.6 is 0 Å². The molecule has 0 spiro atoms. The normalized spacial score (nSPS) is 11.0. The lowest BCUT2D eigenvalue weighted by Crippen LogP contribution is -2.22. The van der Waals surface area contributed by atoms with Gasteiger partial charge in [0.1, 0.15) is 0 Å². The minimum Gasteiger partial charge on any atom is -0.352 e. The first-order valence-corrected chi connectivity index (χ1v) is 49.9. The summed E-state index contributed by atoms with van der Waals surface area (Å²) >= 11 is 0. The van der Waals surface area contributed by atoms with Crippen LogP contribution in [0.25, 0.3) is 95.4 Å². The van der Waals surface area contributed by atoms with Gasteiger partial charge in [0.05, 0.1) is 71.3 Å². The first-order chi connectivity index (χ1) is 68.1. The molecule has 0 saturated heterocycles. The summed E-state index contributed by atoms with van der Waals surface area (Å²) in [4.78, 5) is 48.7. The van der Waals surface area contributed by atoms with Gasteiger partial charge in [0.25, 0.3) is 5.91 Å². The molecule has 15 aromatic rings. The van der Waals surface area contributed by atoms with Crippen LogP contribution in [0.4, 0.5) is 5.69 Å². The van der Waals surface area contributed by atoms with Crippen LogP contribution in [0.2, 0.25) is 0 Å². The van der Waals surface area contributed by atoms with Gasteiger partial charge >= 0.3 is 0 Å². The Labute approximate surface area is 832 Å². The van der Waals surface area contributed by atoms with E-state index in [-0.39, 0.29) is 17.6 Å². The number of nitrogens with zero attached hydrogens (tertiary/aromatic N) is 12. The van der Waals surface area contributed by atoms with Crippen LogP contribution in [-0.4, -0.2) is 196 Å². The van der Waals surface area contributed by atoms with Crippen molar-refractivity contribution in [2.75, 3.05) is 93.4 Å². The van der Waals surface area contributed by atoms with Crippen LogP contribution in [0.3, 0.4) is 0 Å². The number of carbonyl (C=O) groups is 3. The molecule has 0 bridgehead atoms. The molecule has 2 amide bonds. The quantitative estimate of drug-likeness (QED) is 0.0165. The summed E-state index contributed by atoms with van der Waals surface area (Å²) in [6.45, 7) is 35.0. The van der Waals surface area contributed by atoms with Crippen molar-refractivity contribution in [3.05, 3.63) is 336 Å². The van der Waals surface area contributed by atoms with Crippen LogP contribution < -0.4 is 10.6 Å². The third-order valence-corrected chi connectivity index (χ3v) is 24.3. The summed E-state index contributed by atoms with van der Waals surface area (Å²) in [5.74, 6) is -0.0326. The minimum absolute atomic E-state index is 0.0459. The molecule has 6 aromatic heterocycles. The molecule has 15 rings (SSSR count). The predicted molar refractivity (Wildman–Crippen MR) is 579 cm³/mol. The number of anilines is 1. The number of Topliss-reactive ketones (excluding diaryl/α,β-unsaturated/α-hetero) is 1. The maximum atomic E-state index is 12.0. The Hall–Kier alpha value is -13.7.